The van der Waals surface area contributed by atoms with Gasteiger partial charge in [-0.05, 0) is 110 Å². The number of carbonyl (C=O) groups is 2. The first-order valence-electron chi connectivity index (χ1n) is 14.8. The fraction of sp³-hybridized carbons (Fsp3) is 0.933. The van der Waals surface area contributed by atoms with Crippen LogP contribution < -0.4 is 5.32 Å². The molecule has 4 saturated carbocycles. The highest BCUT2D eigenvalue weighted by atomic mass is 16.4. The van der Waals surface area contributed by atoms with Gasteiger partial charge in [0.15, 0.2) is 0 Å². The molecule has 4 fully saturated rings. The molecular formula is C30H51NO5. The number of amides is 1. The average Bonchev–Trinajstić information content (AvgIpc) is 3.18. The summed E-state index contributed by atoms with van der Waals surface area (Å²) >= 11 is 0. The van der Waals surface area contributed by atoms with Crippen LogP contribution in [0, 0.1) is 52.3 Å². The van der Waals surface area contributed by atoms with Gasteiger partial charge in [-0.25, -0.2) is 4.79 Å². The molecule has 0 aromatic rings. The average molecular weight is 506 g/mol. The topological polar surface area (TPSA) is 107 Å². The second-order valence-electron chi connectivity index (χ2n) is 13.7. The zero-order valence-electron chi connectivity index (χ0n) is 23.2. The number of hydrogen-bond acceptors (Lipinski definition) is 4. The lowest BCUT2D eigenvalue weighted by Gasteiger charge is -2.62. The van der Waals surface area contributed by atoms with Crippen molar-refractivity contribution >= 4 is 11.9 Å². The molecule has 12 atom stereocenters. The number of aliphatic carboxylic acids is 1. The van der Waals surface area contributed by atoms with Crippen LogP contribution in [0.2, 0.25) is 0 Å². The molecule has 0 heterocycles. The lowest BCUT2D eigenvalue weighted by atomic mass is 9.43. The molecule has 4 aliphatic carbocycles. The van der Waals surface area contributed by atoms with Gasteiger partial charge in [0.2, 0.25) is 5.91 Å². The number of hydrogen-bond donors (Lipinski definition) is 4. The van der Waals surface area contributed by atoms with Crippen LogP contribution in [0.4, 0.5) is 0 Å². The highest BCUT2D eigenvalue weighted by Crippen LogP contribution is 2.68. The summed E-state index contributed by atoms with van der Waals surface area (Å²) in [6.45, 7) is 11.0. The van der Waals surface area contributed by atoms with E-state index in [1.807, 2.05) is 13.8 Å². The molecule has 4 rings (SSSR count). The molecule has 6 nitrogen and oxygen atoms in total. The molecule has 0 aliphatic heterocycles. The van der Waals surface area contributed by atoms with E-state index in [9.17, 15) is 24.9 Å². The molecule has 0 spiro atoms. The lowest BCUT2D eigenvalue weighted by molar-refractivity contribution is -0.174. The van der Waals surface area contributed by atoms with E-state index in [0.29, 0.717) is 48.3 Å². The molecule has 4 N–H and O–H groups in total. The van der Waals surface area contributed by atoms with E-state index in [1.165, 1.54) is 6.42 Å². The molecule has 1 amide bonds. The van der Waals surface area contributed by atoms with Crippen LogP contribution in [0.5, 0.6) is 0 Å². The number of rotatable bonds is 8. The minimum atomic E-state index is -0.955. The Bertz CT molecular complexity index is 817. The second-order valence-corrected chi connectivity index (χ2v) is 13.7. The predicted octanol–water partition coefficient (Wildman–Crippen LogP) is 5.01. The Hall–Kier alpha value is -1.14. The fourth-order valence-corrected chi connectivity index (χ4v) is 9.66. The van der Waals surface area contributed by atoms with Crippen molar-refractivity contribution in [2.75, 3.05) is 0 Å². The highest BCUT2D eigenvalue weighted by molar-refractivity contribution is 5.83. The first-order valence-corrected chi connectivity index (χ1v) is 14.8. The van der Waals surface area contributed by atoms with Gasteiger partial charge in [0.25, 0.3) is 0 Å². The first-order chi connectivity index (χ1) is 16.9. The maximum Gasteiger partial charge on any atom is 0.326 e. The standard InChI is InChI=1S/C30H51NO5/c1-6-17(2)27(28(35)36)31-25(34)10-7-18(3)21-8-9-22-26-23(12-14-30(21,22)5)29(4)13-11-20(32)15-19(29)16-24(26)33/h17-24,26-27,32-33H,6-16H2,1-5H3,(H,31,34)(H,35,36)/t17?,18?,19-,20+,21+,22-,23-,24+,26-,27?,29-,30+/m0/s1. The Morgan fingerprint density at radius 2 is 1.64 bits per heavy atom. The summed E-state index contributed by atoms with van der Waals surface area (Å²) in [6.07, 6.45) is 9.72. The molecule has 206 valence electrons. The van der Waals surface area contributed by atoms with Gasteiger partial charge in [-0.15, -0.1) is 0 Å². The smallest absolute Gasteiger partial charge is 0.326 e. The van der Waals surface area contributed by atoms with E-state index in [-0.39, 0.29) is 34.9 Å². The summed E-state index contributed by atoms with van der Waals surface area (Å²) in [5, 5.41) is 34.0. The quantitative estimate of drug-likeness (QED) is 0.371. The maximum absolute atomic E-state index is 12.7. The Morgan fingerprint density at radius 1 is 0.972 bits per heavy atom. The summed E-state index contributed by atoms with van der Waals surface area (Å²) in [6, 6.07) is -0.819. The van der Waals surface area contributed by atoms with Crippen molar-refractivity contribution in [1.29, 1.82) is 0 Å². The van der Waals surface area contributed by atoms with Crippen molar-refractivity contribution in [3.63, 3.8) is 0 Å². The molecule has 0 aromatic heterocycles. The molecule has 0 bridgehead atoms. The van der Waals surface area contributed by atoms with Gasteiger partial charge in [0.05, 0.1) is 12.2 Å². The van der Waals surface area contributed by atoms with Gasteiger partial charge in [-0.3, -0.25) is 4.79 Å². The van der Waals surface area contributed by atoms with Crippen molar-refractivity contribution in [2.45, 2.75) is 123 Å². The van der Waals surface area contributed by atoms with Crippen molar-refractivity contribution < 1.29 is 24.9 Å². The van der Waals surface area contributed by atoms with Crippen LogP contribution in [0.1, 0.15) is 105 Å². The third-order valence-corrected chi connectivity index (χ3v) is 12.0. The van der Waals surface area contributed by atoms with Crippen LogP contribution in [0.3, 0.4) is 0 Å². The summed E-state index contributed by atoms with van der Waals surface area (Å²) < 4.78 is 0. The normalized spacial score (nSPS) is 44.5. The highest BCUT2D eigenvalue weighted by Gasteiger charge is 2.62. The molecule has 6 heteroatoms. The minimum Gasteiger partial charge on any atom is -0.480 e. The number of nitrogens with one attached hydrogen (secondary N) is 1. The monoisotopic (exact) mass is 505 g/mol. The van der Waals surface area contributed by atoms with Crippen LogP contribution in [-0.2, 0) is 9.59 Å². The number of carboxylic acids is 1. The molecule has 4 aliphatic rings. The second kappa shape index (κ2) is 10.6. The van der Waals surface area contributed by atoms with E-state index in [1.54, 1.807) is 0 Å². The van der Waals surface area contributed by atoms with Gasteiger partial charge in [0.1, 0.15) is 6.04 Å². The Labute approximate surface area is 218 Å². The van der Waals surface area contributed by atoms with Crippen molar-refractivity contribution in [3.8, 4) is 0 Å². The van der Waals surface area contributed by atoms with E-state index in [2.05, 4.69) is 26.1 Å². The third-order valence-electron chi connectivity index (χ3n) is 12.0. The van der Waals surface area contributed by atoms with Gasteiger partial charge >= 0.3 is 5.97 Å². The van der Waals surface area contributed by atoms with E-state index in [4.69, 9.17) is 0 Å². The van der Waals surface area contributed by atoms with Crippen molar-refractivity contribution in [3.05, 3.63) is 0 Å². The fourth-order valence-electron chi connectivity index (χ4n) is 9.66. The zero-order valence-corrected chi connectivity index (χ0v) is 23.2. The van der Waals surface area contributed by atoms with Crippen molar-refractivity contribution in [1.82, 2.24) is 5.32 Å². The van der Waals surface area contributed by atoms with Crippen LogP contribution in [0.15, 0.2) is 0 Å². The SMILES string of the molecule is CCC(C)C(NC(=O)CCC(C)[C@H]1CC[C@H]2[C@@H]3[C@H](O)C[C@@H]4C[C@H](O)CC[C@]4(C)[C@H]3CC[C@]12C)C(=O)O. The van der Waals surface area contributed by atoms with Crippen LogP contribution in [0.25, 0.3) is 0 Å². The Balaban J connectivity index is 1.40. The summed E-state index contributed by atoms with van der Waals surface area (Å²) in [5.41, 5.74) is 0.429. The van der Waals surface area contributed by atoms with Gasteiger partial charge in [-0.1, -0.05) is 41.0 Å². The lowest BCUT2D eigenvalue weighted by Crippen LogP contribution is -2.58. The number of carbonyl (C=O) groups excluding carboxylic acids is 1. The largest absolute Gasteiger partial charge is 0.480 e. The van der Waals surface area contributed by atoms with E-state index in [0.717, 1.165) is 51.4 Å². The number of aliphatic hydroxyl groups excluding tert-OH is 2. The van der Waals surface area contributed by atoms with Crippen LogP contribution >= 0.6 is 0 Å². The van der Waals surface area contributed by atoms with Gasteiger partial charge < -0.3 is 20.6 Å². The Morgan fingerprint density at radius 3 is 2.31 bits per heavy atom. The van der Waals surface area contributed by atoms with Gasteiger partial charge in [0, 0.05) is 6.42 Å². The molecule has 36 heavy (non-hydrogen) atoms. The molecule has 0 aromatic carbocycles. The number of carboxylic acid groups (broad SMARTS) is 1. The minimum absolute atomic E-state index is 0.0932. The van der Waals surface area contributed by atoms with Crippen LogP contribution in [-0.4, -0.2) is 45.4 Å². The van der Waals surface area contributed by atoms with E-state index < -0.39 is 12.0 Å². The summed E-state index contributed by atoms with van der Waals surface area (Å²) in [4.78, 5) is 24.3. The molecule has 0 radical (unpaired) electrons. The predicted molar refractivity (Wildman–Crippen MR) is 140 cm³/mol. The summed E-state index contributed by atoms with van der Waals surface area (Å²) in [5.74, 6) is 1.58. The van der Waals surface area contributed by atoms with Crippen molar-refractivity contribution in [2.24, 2.45) is 52.3 Å². The third kappa shape index (κ3) is 4.86. The van der Waals surface area contributed by atoms with E-state index >= 15 is 0 Å². The molecule has 0 saturated heterocycles. The molecule has 3 unspecified atom stereocenters. The number of aliphatic hydroxyl groups is 2. The maximum atomic E-state index is 12.7. The number of fused-ring (bicyclic) bond motifs is 5. The summed E-state index contributed by atoms with van der Waals surface area (Å²) in [7, 11) is 0. The first kappa shape index (κ1) is 27.9. The zero-order chi connectivity index (χ0) is 26.4. The molecular weight excluding hydrogens is 454 g/mol. The van der Waals surface area contributed by atoms with Gasteiger partial charge in [-0.2, -0.15) is 0 Å². The Kier molecular flexibility index (Phi) is 8.17.